The monoisotopic (exact) mass is 358 g/mol. The molecule has 0 spiro atoms. The normalized spacial score (nSPS) is 13.0. The Balaban J connectivity index is 2.05. The highest BCUT2D eigenvalue weighted by molar-refractivity contribution is 6.09. The third kappa shape index (κ3) is 3.03. The van der Waals surface area contributed by atoms with Crippen LogP contribution in [-0.4, -0.2) is 0 Å². The molecule has 0 aliphatic carbocycles. The Morgan fingerprint density at radius 3 is 1.89 bits per heavy atom. The summed E-state index contributed by atoms with van der Waals surface area (Å²) in [4.78, 5) is 12.7. The Kier molecular flexibility index (Phi) is 3.75. The van der Waals surface area contributed by atoms with Gasteiger partial charge >= 0.3 is 5.63 Å². The van der Waals surface area contributed by atoms with Crippen molar-refractivity contribution in [2.24, 2.45) is 0 Å². The number of fused-ring (bicyclic) bond motifs is 4. The molecule has 0 aliphatic heterocycles. The minimum absolute atomic E-state index is 0.00839. The number of hydrogen-bond acceptors (Lipinski definition) is 2. The molecule has 0 saturated carbocycles. The molecule has 27 heavy (non-hydrogen) atoms. The largest absolute Gasteiger partial charge is 0.422 e. The molecular weight excluding hydrogens is 332 g/mol. The van der Waals surface area contributed by atoms with Crippen LogP contribution < -0.4 is 5.63 Å². The highest BCUT2D eigenvalue weighted by atomic mass is 16.4. The summed E-state index contributed by atoms with van der Waals surface area (Å²) in [5, 5.41) is 4.80. The predicted octanol–water partition coefficient (Wildman–Crippen LogP) is 6.69. The molecule has 3 aromatic carbocycles. The smallest absolute Gasteiger partial charge is 0.344 e. The standard InChI is InChI=1S/C25H26O2/c1-24(2,3)17-8-7-15-12-20-19-10-9-18(25(4,5)6)14-22(19)27-23(26)21(20)13-16(15)11-17/h7-14H,1-6H3. The van der Waals surface area contributed by atoms with Crippen LogP contribution in [0.15, 0.2) is 57.7 Å². The van der Waals surface area contributed by atoms with Crippen molar-refractivity contribution in [1.29, 1.82) is 0 Å². The zero-order valence-corrected chi connectivity index (χ0v) is 16.9. The molecule has 1 aromatic heterocycles. The quantitative estimate of drug-likeness (QED) is 0.199. The van der Waals surface area contributed by atoms with Crippen LogP contribution in [0.25, 0.3) is 32.5 Å². The van der Waals surface area contributed by atoms with E-state index in [1.807, 2.05) is 12.1 Å². The molecule has 0 atom stereocenters. The van der Waals surface area contributed by atoms with Crippen molar-refractivity contribution in [2.45, 2.75) is 52.4 Å². The number of benzene rings is 3. The van der Waals surface area contributed by atoms with E-state index in [9.17, 15) is 4.79 Å². The highest BCUT2D eigenvalue weighted by Crippen LogP contribution is 2.32. The van der Waals surface area contributed by atoms with Gasteiger partial charge in [-0.15, -0.1) is 0 Å². The first-order valence-electron chi connectivity index (χ1n) is 9.49. The van der Waals surface area contributed by atoms with Gasteiger partial charge in [0, 0.05) is 10.8 Å². The van der Waals surface area contributed by atoms with Crippen LogP contribution in [0.5, 0.6) is 0 Å². The Morgan fingerprint density at radius 1 is 0.630 bits per heavy atom. The van der Waals surface area contributed by atoms with Gasteiger partial charge in [0.2, 0.25) is 0 Å². The summed E-state index contributed by atoms with van der Waals surface area (Å²) in [6.45, 7) is 13.1. The van der Waals surface area contributed by atoms with Crippen LogP contribution in [-0.2, 0) is 10.8 Å². The average molecular weight is 358 g/mol. The summed E-state index contributed by atoms with van der Waals surface area (Å²) in [6.07, 6.45) is 0. The van der Waals surface area contributed by atoms with Crippen LogP contribution in [0.4, 0.5) is 0 Å². The second-order valence-electron chi connectivity index (χ2n) is 9.56. The lowest BCUT2D eigenvalue weighted by Gasteiger charge is -2.20. The van der Waals surface area contributed by atoms with E-state index in [1.54, 1.807) is 0 Å². The fraction of sp³-hybridized carbons (Fsp3) is 0.320. The second kappa shape index (κ2) is 5.69. The fourth-order valence-electron chi connectivity index (χ4n) is 3.61. The van der Waals surface area contributed by atoms with Crippen molar-refractivity contribution in [3.05, 3.63) is 70.1 Å². The van der Waals surface area contributed by atoms with E-state index < -0.39 is 0 Å². The highest BCUT2D eigenvalue weighted by Gasteiger charge is 2.17. The van der Waals surface area contributed by atoms with Crippen molar-refractivity contribution >= 4 is 32.5 Å². The molecule has 0 aliphatic rings. The van der Waals surface area contributed by atoms with Gasteiger partial charge in [-0.05, 0) is 50.9 Å². The van der Waals surface area contributed by atoms with Crippen LogP contribution in [0.1, 0.15) is 52.7 Å². The molecule has 4 rings (SSSR count). The van der Waals surface area contributed by atoms with Gasteiger partial charge in [0.1, 0.15) is 5.58 Å². The van der Waals surface area contributed by atoms with Gasteiger partial charge in [-0.1, -0.05) is 71.9 Å². The summed E-state index contributed by atoms with van der Waals surface area (Å²) < 4.78 is 5.70. The molecular formula is C25H26O2. The lowest BCUT2D eigenvalue weighted by molar-refractivity contribution is 0.560. The van der Waals surface area contributed by atoms with Crippen molar-refractivity contribution < 1.29 is 4.42 Å². The van der Waals surface area contributed by atoms with Gasteiger partial charge in [-0.25, -0.2) is 4.79 Å². The molecule has 0 N–H and O–H groups in total. The lowest BCUT2D eigenvalue weighted by atomic mass is 9.85. The van der Waals surface area contributed by atoms with Gasteiger partial charge in [0.25, 0.3) is 0 Å². The molecule has 0 radical (unpaired) electrons. The molecule has 138 valence electrons. The SMILES string of the molecule is CC(C)(C)c1ccc2cc3c(cc2c1)c(=O)oc1cc(C(C)(C)C)ccc13. The summed E-state index contributed by atoms with van der Waals surface area (Å²) >= 11 is 0. The van der Waals surface area contributed by atoms with Crippen LogP contribution in [0, 0.1) is 0 Å². The predicted molar refractivity (Wildman–Crippen MR) is 115 cm³/mol. The second-order valence-corrected chi connectivity index (χ2v) is 9.56. The Labute approximate surface area is 159 Å². The topological polar surface area (TPSA) is 30.2 Å². The Bertz CT molecular complexity index is 1250. The minimum atomic E-state index is -0.272. The molecule has 0 saturated heterocycles. The van der Waals surface area contributed by atoms with Gasteiger partial charge in [0.15, 0.2) is 0 Å². The zero-order valence-electron chi connectivity index (χ0n) is 16.9. The molecule has 1 heterocycles. The van der Waals surface area contributed by atoms with Crippen LogP contribution in [0.2, 0.25) is 0 Å². The van der Waals surface area contributed by atoms with Gasteiger partial charge in [0.05, 0.1) is 5.39 Å². The Hall–Kier alpha value is -2.61. The van der Waals surface area contributed by atoms with Crippen molar-refractivity contribution in [2.75, 3.05) is 0 Å². The van der Waals surface area contributed by atoms with E-state index >= 15 is 0 Å². The van der Waals surface area contributed by atoms with Crippen molar-refractivity contribution in [1.82, 2.24) is 0 Å². The van der Waals surface area contributed by atoms with E-state index in [2.05, 4.69) is 77.9 Å². The summed E-state index contributed by atoms with van der Waals surface area (Å²) in [6, 6.07) is 16.8. The first-order valence-corrected chi connectivity index (χ1v) is 9.49. The van der Waals surface area contributed by atoms with E-state index in [0.717, 1.165) is 27.1 Å². The fourth-order valence-corrected chi connectivity index (χ4v) is 3.61. The molecule has 0 fully saturated rings. The van der Waals surface area contributed by atoms with E-state index in [4.69, 9.17) is 4.42 Å². The lowest BCUT2D eigenvalue weighted by Crippen LogP contribution is -2.11. The third-order valence-corrected chi connectivity index (χ3v) is 5.40. The van der Waals surface area contributed by atoms with Gasteiger partial charge < -0.3 is 4.42 Å². The maximum absolute atomic E-state index is 12.7. The van der Waals surface area contributed by atoms with Crippen molar-refractivity contribution in [3.63, 3.8) is 0 Å². The van der Waals surface area contributed by atoms with Crippen LogP contribution in [0.3, 0.4) is 0 Å². The van der Waals surface area contributed by atoms with Crippen LogP contribution >= 0.6 is 0 Å². The van der Waals surface area contributed by atoms with Gasteiger partial charge in [-0.2, -0.15) is 0 Å². The van der Waals surface area contributed by atoms with Crippen molar-refractivity contribution in [3.8, 4) is 0 Å². The first-order chi connectivity index (χ1) is 12.5. The number of hydrogen-bond donors (Lipinski definition) is 0. The minimum Gasteiger partial charge on any atom is -0.422 e. The summed E-state index contributed by atoms with van der Waals surface area (Å²) in [5.74, 6) is 0. The molecule has 4 aromatic rings. The molecule has 2 heteroatoms. The molecule has 0 unspecified atom stereocenters. The molecule has 0 bridgehead atoms. The zero-order chi connectivity index (χ0) is 19.6. The first kappa shape index (κ1) is 17.8. The van der Waals surface area contributed by atoms with E-state index in [0.29, 0.717) is 11.0 Å². The maximum atomic E-state index is 12.7. The Morgan fingerprint density at radius 2 is 1.22 bits per heavy atom. The number of rotatable bonds is 0. The maximum Gasteiger partial charge on any atom is 0.344 e. The summed E-state index contributed by atoms with van der Waals surface area (Å²) in [7, 11) is 0. The average Bonchev–Trinajstić information content (AvgIpc) is 2.58. The van der Waals surface area contributed by atoms with E-state index in [1.165, 1.54) is 5.56 Å². The molecule has 0 amide bonds. The third-order valence-electron chi connectivity index (χ3n) is 5.40. The van der Waals surface area contributed by atoms with E-state index in [-0.39, 0.29) is 16.5 Å². The molecule has 2 nitrogen and oxygen atoms in total. The summed E-state index contributed by atoms with van der Waals surface area (Å²) in [5.41, 5.74) is 2.88. The van der Waals surface area contributed by atoms with Gasteiger partial charge in [-0.3, -0.25) is 0 Å².